The Balaban J connectivity index is 1.79. The summed E-state index contributed by atoms with van der Waals surface area (Å²) in [6.45, 7) is 9.48. The van der Waals surface area contributed by atoms with Crippen molar-refractivity contribution >= 4 is 5.91 Å². The number of nitrogens with zero attached hydrogens (tertiary/aromatic N) is 1. The van der Waals surface area contributed by atoms with Crippen LogP contribution in [-0.2, 0) is 6.61 Å². The summed E-state index contributed by atoms with van der Waals surface area (Å²) >= 11 is 0. The zero-order valence-electron chi connectivity index (χ0n) is 15.4. The molecule has 0 unspecified atom stereocenters. The lowest BCUT2D eigenvalue weighted by molar-refractivity contribution is 0.0946. The number of nitrogens with one attached hydrogen (secondary N) is 1. The number of likely N-dealkylation sites (N-methyl/N-ethyl adjacent to an activating group) is 1. The van der Waals surface area contributed by atoms with Crippen molar-refractivity contribution in [3.8, 4) is 5.75 Å². The summed E-state index contributed by atoms with van der Waals surface area (Å²) in [5, 5.41) is 2.98. The zero-order chi connectivity index (χ0) is 18.1. The van der Waals surface area contributed by atoms with Crippen LogP contribution in [0, 0.1) is 0 Å². The molecule has 0 bridgehead atoms. The van der Waals surface area contributed by atoms with Crippen molar-refractivity contribution < 1.29 is 9.53 Å². The third-order valence-corrected chi connectivity index (χ3v) is 4.19. The van der Waals surface area contributed by atoms with Crippen molar-refractivity contribution in [2.75, 3.05) is 19.6 Å². The van der Waals surface area contributed by atoms with Crippen LogP contribution in [0.1, 0.15) is 36.7 Å². The van der Waals surface area contributed by atoms with Crippen LogP contribution in [0.4, 0.5) is 0 Å². The van der Waals surface area contributed by atoms with E-state index in [9.17, 15) is 4.79 Å². The van der Waals surface area contributed by atoms with E-state index in [0.717, 1.165) is 24.4 Å². The Morgan fingerprint density at radius 1 is 1.08 bits per heavy atom. The number of carbonyl (C=O) groups excluding carboxylic acids is 1. The van der Waals surface area contributed by atoms with E-state index in [1.165, 1.54) is 0 Å². The van der Waals surface area contributed by atoms with Crippen LogP contribution in [0.25, 0.3) is 0 Å². The summed E-state index contributed by atoms with van der Waals surface area (Å²) in [5.74, 6) is 0.810. The van der Waals surface area contributed by atoms with Crippen LogP contribution in [0.2, 0.25) is 0 Å². The summed E-state index contributed by atoms with van der Waals surface area (Å²) in [6, 6.07) is 17.8. The second kappa shape index (κ2) is 9.84. The number of hydrogen-bond donors (Lipinski definition) is 1. The van der Waals surface area contributed by atoms with Gasteiger partial charge in [0.05, 0.1) is 0 Å². The van der Waals surface area contributed by atoms with Crippen molar-refractivity contribution in [2.45, 2.75) is 33.4 Å². The molecule has 0 saturated heterocycles. The second-order valence-corrected chi connectivity index (χ2v) is 6.28. The van der Waals surface area contributed by atoms with Gasteiger partial charge in [0.25, 0.3) is 5.91 Å². The molecule has 1 amide bonds. The van der Waals surface area contributed by atoms with Gasteiger partial charge in [0.15, 0.2) is 0 Å². The van der Waals surface area contributed by atoms with Crippen LogP contribution in [0.15, 0.2) is 54.6 Å². The van der Waals surface area contributed by atoms with Gasteiger partial charge in [0.2, 0.25) is 0 Å². The number of hydrogen-bond acceptors (Lipinski definition) is 3. The summed E-state index contributed by atoms with van der Waals surface area (Å²) in [6.07, 6.45) is 0. The lowest BCUT2D eigenvalue weighted by Gasteiger charge is -2.24. The van der Waals surface area contributed by atoms with Gasteiger partial charge in [-0.3, -0.25) is 9.69 Å². The van der Waals surface area contributed by atoms with E-state index in [2.05, 4.69) is 31.0 Å². The summed E-state index contributed by atoms with van der Waals surface area (Å²) in [7, 11) is 0. The Kier molecular flexibility index (Phi) is 7.48. The number of rotatable bonds is 9. The molecule has 1 N–H and O–H groups in total. The largest absolute Gasteiger partial charge is 0.489 e. The highest BCUT2D eigenvalue weighted by atomic mass is 16.5. The summed E-state index contributed by atoms with van der Waals surface area (Å²) in [5.41, 5.74) is 1.72. The Labute approximate surface area is 150 Å². The molecule has 0 radical (unpaired) electrons. The Hall–Kier alpha value is -2.33. The maximum Gasteiger partial charge on any atom is 0.251 e. The van der Waals surface area contributed by atoms with E-state index in [0.29, 0.717) is 24.8 Å². The molecule has 0 aliphatic carbocycles. The van der Waals surface area contributed by atoms with Crippen molar-refractivity contribution in [1.82, 2.24) is 10.2 Å². The molecule has 0 spiro atoms. The van der Waals surface area contributed by atoms with Gasteiger partial charge in [-0.05, 0) is 50.2 Å². The number of benzene rings is 2. The predicted octanol–water partition coefficient (Wildman–Crippen LogP) is 3.73. The number of ether oxygens (including phenoxy) is 1. The Morgan fingerprint density at radius 3 is 2.36 bits per heavy atom. The fraction of sp³-hybridized carbons (Fsp3) is 0.381. The molecule has 25 heavy (non-hydrogen) atoms. The van der Waals surface area contributed by atoms with Crippen LogP contribution < -0.4 is 10.1 Å². The van der Waals surface area contributed by atoms with Crippen LogP contribution in [0.5, 0.6) is 5.75 Å². The third-order valence-electron chi connectivity index (χ3n) is 4.19. The van der Waals surface area contributed by atoms with Crippen molar-refractivity contribution in [2.24, 2.45) is 0 Å². The van der Waals surface area contributed by atoms with Gasteiger partial charge in [-0.2, -0.15) is 0 Å². The van der Waals surface area contributed by atoms with Crippen LogP contribution in [0.3, 0.4) is 0 Å². The second-order valence-electron chi connectivity index (χ2n) is 6.28. The van der Waals surface area contributed by atoms with E-state index in [1.807, 2.05) is 54.6 Å². The quantitative estimate of drug-likeness (QED) is 0.756. The highest BCUT2D eigenvalue weighted by Gasteiger charge is 2.09. The average Bonchev–Trinajstić information content (AvgIpc) is 2.64. The monoisotopic (exact) mass is 340 g/mol. The van der Waals surface area contributed by atoms with E-state index in [4.69, 9.17) is 4.74 Å². The van der Waals surface area contributed by atoms with Crippen molar-refractivity contribution in [3.63, 3.8) is 0 Å². The molecule has 0 fully saturated rings. The van der Waals surface area contributed by atoms with Gasteiger partial charge in [-0.1, -0.05) is 37.3 Å². The van der Waals surface area contributed by atoms with Crippen molar-refractivity contribution in [1.29, 1.82) is 0 Å². The van der Waals surface area contributed by atoms with E-state index in [-0.39, 0.29) is 5.91 Å². The Bertz CT molecular complexity index is 639. The lowest BCUT2D eigenvalue weighted by Crippen LogP contribution is -2.38. The standard InChI is InChI=1S/C21H28N2O2/c1-4-23(17(2)3)15-14-22-21(24)19-12-10-18(11-13-19)16-25-20-8-6-5-7-9-20/h5-13,17H,4,14-16H2,1-3H3,(H,22,24). The molecule has 0 aliphatic heterocycles. The van der Waals surface area contributed by atoms with Gasteiger partial charge < -0.3 is 10.1 Å². The van der Waals surface area contributed by atoms with E-state index in [1.54, 1.807) is 0 Å². The molecular formula is C21H28N2O2. The molecule has 134 valence electrons. The fourth-order valence-electron chi connectivity index (χ4n) is 2.63. The highest BCUT2D eigenvalue weighted by molar-refractivity contribution is 5.94. The average molecular weight is 340 g/mol. The van der Waals surface area contributed by atoms with Gasteiger partial charge in [0.1, 0.15) is 12.4 Å². The minimum atomic E-state index is -0.0321. The first-order chi connectivity index (χ1) is 12.1. The van der Waals surface area contributed by atoms with Gasteiger partial charge in [-0.15, -0.1) is 0 Å². The maximum atomic E-state index is 12.2. The molecule has 2 rings (SSSR count). The number of para-hydroxylation sites is 1. The van der Waals surface area contributed by atoms with E-state index >= 15 is 0 Å². The molecule has 2 aromatic rings. The molecule has 0 saturated carbocycles. The van der Waals surface area contributed by atoms with E-state index < -0.39 is 0 Å². The lowest BCUT2D eigenvalue weighted by atomic mass is 10.1. The minimum absolute atomic E-state index is 0.0321. The molecule has 0 aromatic heterocycles. The van der Waals surface area contributed by atoms with Gasteiger partial charge in [-0.25, -0.2) is 0 Å². The van der Waals surface area contributed by atoms with Crippen LogP contribution in [-0.4, -0.2) is 36.5 Å². The minimum Gasteiger partial charge on any atom is -0.489 e. The Morgan fingerprint density at radius 2 is 1.76 bits per heavy atom. The SMILES string of the molecule is CCN(CCNC(=O)c1ccc(COc2ccccc2)cc1)C(C)C. The maximum absolute atomic E-state index is 12.2. The molecule has 0 aliphatic rings. The smallest absolute Gasteiger partial charge is 0.251 e. The summed E-state index contributed by atoms with van der Waals surface area (Å²) in [4.78, 5) is 14.5. The first kappa shape index (κ1) is 19.0. The van der Waals surface area contributed by atoms with Gasteiger partial charge in [0, 0.05) is 24.7 Å². The highest BCUT2D eigenvalue weighted by Crippen LogP contribution is 2.12. The molecular weight excluding hydrogens is 312 g/mol. The normalized spacial score (nSPS) is 10.9. The first-order valence-corrected chi connectivity index (χ1v) is 8.89. The van der Waals surface area contributed by atoms with Crippen LogP contribution >= 0.6 is 0 Å². The van der Waals surface area contributed by atoms with Gasteiger partial charge >= 0.3 is 0 Å². The molecule has 2 aromatic carbocycles. The fourth-order valence-corrected chi connectivity index (χ4v) is 2.63. The molecule has 0 heterocycles. The molecule has 0 atom stereocenters. The topological polar surface area (TPSA) is 41.6 Å². The van der Waals surface area contributed by atoms with Crippen molar-refractivity contribution in [3.05, 3.63) is 65.7 Å². The molecule has 4 heteroatoms. The first-order valence-electron chi connectivity index (χ1n) is 8.89. The zero-order valence-corrected chi connectivity index (χ0v) is 15.4. The third kappa shape index (κ3) is 6.24. The number of amides is 1. The summed E-state index contributed by atoms with van der Waals surface area (Å²) < 4.78 is 5.71. The predicted molar refractivity (Wildman–Crippen MR) is 102 cm³/mol. The molecule has 4 nitrogen and oxygen atoms in total. The number of carbonyl (C=O) groups is 1.